The highest BCUT2D eigenvalue weighted by molar-refractivity contribution is 8.06. The molecule has 1 aliphatic rings. The second-order valence-corrected chi connectivity index (χ2v) is 5.34. The molecule has 0 amide bonds. The van der Waals surface area contributed by atoms with Crippen LogP contribution in [0.25, 0.3) is 0 Å². The van der Waals surface area contributed by atoms with E-state index < -0.39 is 0 Å². The lowest BCUT2D eigenvalue weighted by Gasteiger charge is -2.04. The first-order valence-corrected chi connectivity index (χ1v) is 6.29. The standard InChI is InChI=1S/C7H12OS3/c1-2-10-5-7(9)8-3-6-4-11-6/h6H,2-5H2,1H3/t6-/m0/s1. The summed E-state index contributed by atoms with van der Waals surface area (Å²) >= 11 is 8.77. The molecule has 1 rings (SSSR count). The van der Waals surface area contributed by atoms with Crippen molar-refractivity contribution < 1.29 is 4.74 Å². The van der Waals surface area contributed by atoms with Gasteiger partial charge in [-0.3, -0.25) is 0 Å². The molecule has 4 heteroatoms. The Morgan fingerprint density at radius 2 is 2.55 bits per heavy atom. The summed E-state index contributed by atoms with van der Waals surface area (Å²) in [6.45, 7) is 2.96. The molecule has 0 aliphatic carbocycles. The Balaban J connectivity index is 1.91. The molecule has 1 fully saturated rings. The fourth-order valence-electron chi connectivity index (χ4n) is 0.577. The van der Waals surface area contributed by atoms with Crippen molar-refractivity contribution in [3.8, 4) is 0 Å². The molecule has 11 heavy (non-hydrogen) atoms. The average molecular weight is 208 g/mol. The van der Waals surface area contributed by atoms with Gasteiger partial charge in [-0.2, -0.15) is 23.5 Å². The molecule has 0 unspecified atom stereocenters. The molecule has 0 saturated carbocycles. The summed E-state index contributed by atoms with van der Waals surface area (Å²) in [6.07, 6.45) is 0. The third kappa shape index (κ3) is 4.93. The number of ether oxygens (including phenoxy) is 1. The third-order valence-corrected chi connectivity index (χ3v) is 3.52. The first-order chi connectivity index (χ1) is 5.33. The summed E-state index contributed by atoms with van der Waals surface area (Å²) < 4.78 is 5.36. The van der Waals surface area contributed by atoms with Gasteiger partial charge in [-0.1, -0.05) is 6.92 Å². The molecule has 0 aromatic rings. The molecule has 0 bridgehead atoms. The minimum atomic E-state index is 0.736. The van der Waals surface area contributed by atoms with E-state index in [0.29, 0.717) is 0 Å². The van der Waals surface area contributed by atoms with E-state index in [1.54, 1.807) is 0 Å². The Labute approximate surface area is 81.6 Å². The van der Waals surface area contributed by atoms with E-state index in [0.717, 1.165) is 28.4 Å². The van der Waals surface area contributed by atoms with Gasteiger partial charge in [0, 0.05) is 11.0 Å². The number of thioether (sulfide) groups is 2. The van der Waals surface area contributed by atoms with Gasteiger partial charge in [0.25, 0.3) is 0 Å². The van der Waals surface area contributed by atoms with Gasteiger partial charge in [-0.15, -0.1) is 0 Å². The van der Waals surface area contributed by atoms with E-state index in [-0.39, 0.29) is 0 Å². The number of rotatable bonds is 5. The third-order valence-electron chi connectivity index (χ3n) is 1.26. The van der Waals surface area contributed by atoms with Crippen molar-refractivity contribution in [3.63, 3.8) is 0 Å². The van der Waals surface area contributed by atoms with Crippen LogP contribution in [0.1, 0.15) is 6.92 Å². The fourth-order valence-corrected chi connectivity index (χ4v) is 1.75. The molecular formula is C7H12OS3. The van der Waals surface area contributed by atoms with E-state index in [1.807, 2.05) is 23.5 Å². The molecule has 1 atom stereocenters. The normalized spacial score (nSPS) is 21.4. The molecule has 0 aromatic carbocycles. The van der Waals surface area contributed by atoms with Crippen molar-refractivity contribution in [3.05, 3.63) is 0 Å². The largest absolute Gasteiger partial charge is 0.485 e. The fraction of sp³-hybridized carbons (Fsp3) is 0.857. The predicted octanol–water partition coefficient (Wildman–Crippen LogP) is 2.20. The Bertz CT molecular complexity index is 134. The van der Waals surface area contributed by atoms with Crippen LogP contribution in [-0.2, 0) is 4.74 Å². The van der Waals surface area contributed by atoms with Gasteiger partial charge in [-0.25, -0.2) is 0 Å². The monoisotopic (exact) mass is 208 g/mol. The molecule has 1 nitrogen and oxygen atoms in total. The van der Waals surface area contributed by atoms with Crippen molar-refractivity contribution in [2.24, 2.45) is 0 Å². The Morgan fingerprint density at radius 1 is 1.82 bits per heavy atom. The molecule has 1 heterocycles. The molecule has 0 N–H and O–H groups in total. The summed E-state index contributed by atoms with van der Waals surface area (Å²) in [7, 11) is 0. The summed E-state index contributed by atoms with van der Waals surface area (Å²) in [4.78, 5) is 0. The highest BCUT2D eigenvalue weighted by Crippen LogP contribution is 2.29. The van der Waals surface area contributed by atoms with Crippen LogP contribution in [0.15, 0.2) is 0 Å². The average Bonchev–Trinajstić information content (AvgIpc) is 2.80. The first kappa shape index (κ1) is 9.68. The second kappa shape index (κ2) is 5.27. The maximum absolute atomic E-state index is 5.36. The van der Waals surface area contributed by atoms with Gasteiger partial charge in [-0.05, 0) is 18.0 Å². The predicted molar refractivity (Wildman–Crippen MR) is 57.8 cm³/mol. The lowest BCUT2D eigenvalue weighted by Crippen LogP contribution is -2.09. The van der Waals surface area contributed by atoms with Gasteiger partial charge >= 0.3 is 0 Å². The maximum atomic E-state index is 5.36. The van der Waals surface area contributed by atoms with Gasteiger partial charge in [0.15, 0.2) is 5.05 Å². The zero-order chi connectivity index (χ0) is 8.10. The topological polar surface area (TPSA) is 9.23 Å². The van der Waals surface area contributed by atoms with Crippen molar-refractivity contribution in [1.82, 2.24) is 0 Å². The zero-order valence-corrected chi connectivity index (χ0v) is 8.99. The second-order valence-electron chi connectivity index (χ2n) is 2.28. The number of hydrogen-bond donors (Lipinski definition) is 0. The van der Waals surface area contributed by atoms with Crippen molar-refractivity contribution in [2.45, 2.75) is 12.2 Å². The van der Waals surface area contributed by atoms with Crippen LogP contribution in [0.5, 0.6) is 0 Å². The lowest BCUT2D eigenvalue weighted by atomic mass is 10.5. The van der Waals surface area contributed by atoms with Crippen LogP contribution in [0, 0.1) is 0 Å². The molecule has 0 spiro atoms. The summed E-state index contributed by atoms with van der Waals surface area (Å²) in [5, 5.41) is 1.50. The maximum Gasteiger partial charge on any atom is 0.169 e. The van der Waals surface area contributed by atoms with Crippen LogP contribution in [-0.4, -0.2) is 34.2 Å². The number of hydrogen-bond acceptors (Lipinski definition) is 4. The molecule has 64 valence electrons. The minimum Gasteiger partial charge on any atom is -0.485 e. The smallest absolute Gasteiger partial charge is 0.169 e. The SMILES string of the molecule is CCSCC(=S)OC[C@H]1CS1. The van der Waals surface area contributed by atoms with Gasteiger partial charge in [0.05, 0.1) is 5.75 Å². The van der Waals surface area contributed by atoms with Gasteiger partial charge in [0.1, 0.15) is 6.61 Å². The highest BCUT2D eigenvalue weighted by Gasteiger charge is 2.23. The summed E-state index contributed by atoms with van der Waals surface area (Å²) in [5.74, 6) is 3.24. The quantitative estimate of drug-likeness (QED) is 0.506. The minimum absolute atomic E-state index is 0.736. The van der Waals surface area contributed by atoms with Crippen molar-refractivity contribution >= 4 is 40.8 Å². The molecule has 0 radical (unpaired) electrons. The Morgan fingerprint density at radius 3 is 3.09 bits per heavy atom. The Kier molecular flexibility index (Phi) is 4.64. The van der Waals surface area contributed by atoms with Crippen LogP contribution >= 0.6 is 35.7 Å². The van der Waals surface area contributed by atoms with Crippen molar-refractivity contribution in [2.75, 3.05) is 23.9 Å². The lowest BCUT2D eigenvalue weighted by molar-refractivity contribution is 0.324. The Hall–Kier alpha value is 0.590. The highest BCUT2D eigenvalue weighted by atomic mass is 32.2. The van der Waals surface area contributed by atoms with Gasteiger partial charge in [0.2, 0.25) is 0 Å². The van der Waals surface area contributed by atoms with E-state index >= 15 is 0 Å². The summed E-state index contributed by atoms with van der Waals surface area (Å²) in [6, 6.07) is 0. The molecule has 1 aliphatic heterocycles. The molecular weight excluding hydrogens is 196 g/mol. The van der Waals surface area contributed by atoms with E-state index in [2.05, 4.69) is 6.92 Å². The van der Waals surface area contributed by atoms with Crippen LogP contribution in [0.4, 0.5) is 0 Å². The zero-order valence-electron chi connectivity index (χ0n) is 6.54. The first-order valence-electron chi connectivity index (χ1n) is 3.68. The van der Waals surface area contributed by atoms with Gasteiger partial charge < -0.3 is 4.74 Å². The summed E-state index contributed by atoms with van der Waals surface area (Å²) in [5.41, 5.74) is 0. The molecule has 0 aromatic heterocycles. The van der Waals surface area contributed by atoms with E-state index in [9.17, 15) is 0 Å². The van der Waals surface area contributed by atoms with Crippen molar-refractivity contribution in [1.29, 1.82) is 0 Å². The molecule has 1 saturated heterocycles. The van der Waals surface area contributed by atoms with E-state index in [1.165, 1.54) is 5.75 Å². The van der Waals surface area contributed by atoms with Crippen LogP contribution < -0.4 is 0 Å². The van der Waals surface area contributed by atoms with Crippen LogP contribution in [0.3, 0.4) is 0 Å². The number of thiocarbonyl (C=S) groups is 1. The van der Waals surface area contributed by atoms with Crippen LogP contribution in [0.2, 0.25) is 0 Å². The van der Waals surface area contributed by atoms with E-state index in [4.69, 9.17) is 17.0 Å².